The molecule has 8 nitrogen and oxygen atoms in total. The number of amides is 2. The van der Waals surface area contributed by atoms with Crippen LogP contribution in [0.1, 0.15) is 28.5 Å². The number of alkyl halides is 3. The van der Waals surface area contributed by atoms with Gasteiger partial charge >= 0.3 is 6.18 Å². The van der Waals surface area contributed by atoms with Crippen molar-refractivity contribution in [2.45, 2.75) is 19.6 Å². The van der Waals surface area contributed by atoms with E-state index in [1.165, 1.54) is 25.3 Å². The Kier molecular flexibility index (Phi) is 6.44. The summed E-state index contributed by atoms with van der Waals surface area (Å²) in [5.74, 6) is -1.57. The molecule has 13 heteroatoms. The maximum Gasteiger partial charge on any atom is 0.434 e. The van der Waals surface area contributed by atoms with Gasteiger partial charge in [0.05, 0.1) is 29.8 Å². The third-order valence-electron chi connectivity index (χ3n) is 3.79. The minimum Gasteiger partial charge on any atom is -0.348 e. The van der Waals surface area contributed by atoms with E-state index in [9.17, 15) is 27.2 Å². The predicted molar refractivity (Wildman–Crippen MR) is 104 cm³/mol. The standard InChI is InChI=1S/C18H14F4N6O2S/c1-9(29)27-13-4-10(2-3-12(13)19)5-25-16(30)11-6-26-31-17(11)28-15-8-23-14(7-24-15)18(20,21)22/h2-4,6-8H,5H2,1H3,(H,24,28)(H,25,30)(H,27,29). The molecule has 2 heterocycles. The molecular weight excluding hydrogens is 440 g/mol. The summed E-state index contributed by atoms with van der Waals surface area (Å²) in [4.78, 5) is 30.5. The lowest BCUT2D eigenvalue weighted by Gasteiger charge is -2.10. The molecule has 0 atom stereocenters. The molecule has 0 fully saturated rings. The Bertz CT molecular complexity index is 1100. The summed E-state index contributed by atoms with van der Waals surface area (Å²) >= 11 is 0.906. The predicted octanol–water partition coefficient (Wildman–Crippen LogP) is 3.72. The molecule has 0 bridgehead atoms. The van der Waals surface area contributed by atoms with Crippen LogP contribution < -0.4 is 16.0 Å². The smallest absolute Gasteiger partial charge is 0.348 e. The maximum atomic E-state index is 13.7. The van der Waals surface area contributed by atoms with Crippen LogP contribution in [0.4, 0.5) is 34.1 Å². The minimum absolute atomic E-state index is 0.00443. The van der Waals surface area contributed by atoms with E-state index in [0.29, 0.717) is 11.8 Å². The van der Waals surface area contributed by atoms with Crippen molar-refractivity contribution in [3.05, 3.63) is 59.4 Å². The van der Waals surface area contributed by atoms with Crippen LogP contribution in [0.25, 0.3) is 0 Å². The first kappa shape index (κ1) is 22.1. The van der Waals surface area contributed by atoms with Gasteiger partial charge in [0, 0.05) is 13.5 Å². The molecule has 3 N–H and O–H groups in total. The zero-order valence-corrected chi connectivity index (χ0v) is 16.6. The number of carbonyl (C=O) groups excluding carboxylic acids is 2. The summed E-state index contributed by atoms with van der Waals surface area (Å²) in [5.41, 5.74) is -0.487. The van der Waals surface area contributed by atoms with Gasteiger partial charge in [0.1, 0.15) is 16.6 Å². The van der Waals surface area contributed by atoms with E-state index >= 15 is 0 Å². The van der Waals surface area contributed by atoms with Gasteiger partial charge in [-0.2, -0.15) is 17.5 Å². The molecule has 0 radical (unpaired) electrons. The molecule has 2 amide bonds. The first-order valence-electron chi connectivity index (χ1n) is 8.58. The summed E-state index contributed by atoms with van der Waals surface area (Å²) in [6.45, 7) is 1.27. The summed E-state index contributed by atoms with van der Waals surface area (Å²) in [7, 11) is 0. The molecule has 0 aliphatic rings. The lowest BCUT2D eigenvalue weighted by atomic mass is 10.2. The highest BCUT2D eigenvalue weighted by Gasteiger charge is 2.32. The van der Waals surface area contributed by atoms with Gasteiger partial charge in [-0.1, -0.05) is 6.07 Å². The number of nitrogens with zero attached hydrogens (tertiary/aromatic N) is 3. The van der Waals surface area contributed by atoms with Crippen molar-refractivity contribution in [3.63, 3.8) is 0 Å². The molecule has 3 rings (SSSR count). The molecular formula is C18H14F4N6O2S. The number of hydrogen-bond acceptors (Lipinski definition) is 7. The summed E-state index contributed by atoms with van der Waals surface area (Å²) in [6, 6.07) is 4.00. The third kappa shape index (κ3) is 5.72. The Hall–Kier alpha value is -3.61. The lowest BCUT2D eigenvalue weighted by Crippen LogP contribution is -2.23. The highest BCUT2D eigenvalue weighted by Crippen LogP contribution is 2.28. The van der Waals surface area contributed by atoms with Crippen molar-refractivity contribution in [1.82, 2.24) is 19.7 Å². The maximum absolute atomic E-state index is 13.7. The van der Waals surface area contributed by atoms with Gasteiger partial charge < -0.3 is 16.0 Å². The number of nitrogens with one attached hydrogen (secondary N) is 3. The van der Waals surface area contributed by atoms with Crippen LogP contribution in [0.3, 0.4) is 0 Å². The van der Waals surface area contributed by atoms with E-state index < -0.39 is 29.5 Å². The molecule has 162 valence electrons. The molecule has 0 aliphatic heterocycles. The summed E-state index contributed by atoms with van der Waals surface area (Å²) < 4.78 is 55.3. The first-order valence-corrected chi connectivity index (χ1v) is 9.36. The molecule has 0 saturated heterocycles. The molecule has 2 aromatic heterocycles. The molecule has 1 aromatic carbocycles. The van der Waals surface area contributed by atoms with Crippen molar-refractivity contribution in [1.29, 1.82) is 0 Å². The number of benzene rings is 1. The Balaban J connectivity index is 1.66. The molecule has 0 spiro atoms. The average molecular weight is 454 g/mol. The third-order valence-corrected chi connectivity index (χ3v) is 4.51. The van der Waals surface area contributed by atoms with Crippen molar-refractivity contribution in [3.8, 4) is 0 Å². The van der Waals surface area contributed by atoms with E-state index in [1.54, 1.807) is 0 Å². The van der Waals surface area contributed by atoms with Gasteiger partial charge in [-0.15, -0.1) is 0 Å². The average Bonchev–Trinajstić information content (AvgIpc) is 3.16. The number of rotatable bonds is 6. The van der Waals surface area contributed by atoms with Gasteiger partial charge in [0.2, 0.25) is 5.91 Å². The Morgan fingerprint density at radius 3 is 2.55 bits per heavy atom. The van der Waals surface area contributed by atoms with Gasteiger partial charge in [-0.3, -0.25) is 9.59 Å². The topological polar surface area (TPSA) is 109 Å². The van der Waals surface area contributed by atoms with Gasteiger partial charge in [0.15, 0.2) is 5.69 Å². The molecule has 3 aromatic rings. The van der Waals surface area contributed by atoms with Crippen LogP contribution >= 0.6 is 11.5 Å². The van der Waals surface area contributed by atoms with Gasteiger partial charge in [0.25, 0.3) is 5.91 Å². The zero-order valence-electron chi connectivity index (χ0n) is 15.7. The second kappa shape index (κ2) is 9.04. The first-order chi connectivity index (χ1) is 14.6. The number of hydrogen-bond donors (Lipinski definition) is 3. The van der Waals surface area contributed by atoms with Crippen LogP contribution in [0.5, 0.6) is 0 Å². The number of halogens is 4. The zero-order chi connectivity index (χ0) is 22.6. The molecule has 0 aliphatic carbocycles. The minimum atomic E-state index is -4.61. The van der Waals surface area contributed by atoms with Crippen molar-refractivity contribution in [2.24, 2.45) is 0 Å². The van der Waals surface area contributed by atoms with E-state index in [4.69, 9.17) is 0 Å². The molecule has 0 unspecified atom stereocenters. The highest BCUT2D eigenvalue weighted by molar-refractivity contribution is 7.10. The summed E-state index contributed by atoms with van der Waals surface area (Å²) in [5, 5.41) is 7.93. The van der Waals surface area contributed by atoms with E-state index in [-0.39, 0.29) is 28.6 Å². The van der Waals surface area contributed by atoms with Crippen molar-refractivity contribution < 1.29 is 27.2 Å². The number of carbonyl (C=O) groups is 2. The van der Waals surface area contributed by atoms with Crippen molar-refractivity contribution >= 4 is 39.9 Å². The highest BCUT2D eigenvalue weighted by atomic mass is 32.1. The molecule has 31 heavy (non-hydrogen) atoms. The Morgan fingerprint density at radius 2 is 1.90 bits per heavy atom. The van der Waals surface area contributed by atoms with Gasteiger partial charge in [-0.25, -0.2) is 14.4 Å². The Labute approximate surface area is 176 Å². The fourth-order valence-electron chi connectivity index (χ4n) is 2.39. The fourth-order valence-corrected chi connectivity index (χ4v) is 3.05. The summed E-state index contributed by atoms with van der Waals surface area (Å²) in [6.07, 6.45) is -1.86. The second-order valence-electron chi connectivity index (χ2n) is 6.16. The second-order valence-corrected chi connectivity index (χ2v) is 6.96. The monoisotopic (exact) mass is 454 g/mol. The normalized spacial score (nSPS) is 11.1. The van der Waals surface area contributed by atoms with E-state index in [2.05, 4.69) is 30.3 Å². The number of anilines is 3. The van der Waals surface area contributed by atoms with Crippen molar-refractivity contribution in [2.75, 3.05) is 10.6 Å². The largest absolute Gasteiger partial charge is 0.434 e. The molecule has 0 saturated carbocycles. The fraction of sp³-hybridized carbons (Fsp3) is 0.167. The van der Waals surface area contributed by atoms with Gasteiger partial charge in [-0.05, 0) is 29.2 Å². The van der Waals surface area contributed by atoms with Crippen LogP contribution in [-0.2, 0) is 17.5 Å². The van der Waals surface area contributed by atoms with Crippen LogP contribution in [0.2, 0.25) is 0 Å². The van der Waals surface area contributed by atoms with E-state index in [1.807, 2.05) is 0 Å². The Morgan fingerprint density at radius 1 is 1.13 bits per heavy atom. The SMILES string of the molecule is CC(=O)Nc1cc(CNC(=O)c2cnsc2Nc2cnc(C(F)(F)F)cn2)ccc1F. The van der Waals surface area contributed by atoms with Crippen LogP contribution in [-0.4, -0.2) is 26.2 Å². The van der Waals surface area contributed by atoms with Crippen LogP contribution in [0.15, 0.2) is 36.8 Å². The van der Waals surface area contributed by atoms with E-state index in [0.717, 1.165) is 23.8 Å². The quantitative estimate of drug-likeness (QED) is 0.490. The number of aromatic nitrogens is 3. The van der Waals surface area contributed by atoms with Crippen LogP contribution in [0, 0.1) is 5.82 Å². The lowest BCUT2D eigenvalue weighted by molar-refractivity contribution is -0.141.